The second-order valence-corrected chi connectivity index (χ2v) is 7.96. The van der Waals surface area contributed by atoms with Gasteiger partial charge in [0.05, 0.1) is 0 Å². The molecule has 2 rings (SSSR count). The first-order chi connectivity index (χ1) is 11.8. The average molecular weight is 368 g/mol. The maximum absolute atomic E-state index is 12.2. The lowest BCUT2D eigenvalue weighted by Gasteiger charge is -2.28. The van der Waals surface area contributed by atoms with E-state index < -0.39 is 35.3 Å². The third-order valence-corrected chi connectivity index (χ3v) is 3.17. The van der Waals surface area contributed by atoms with Crippen molar-refractivity contribution in [3.05, 3.63) is 11.8 Å². The molecule has 1 aromatic heterocycles. The molecule has 2 heterocycles. The molecule has 144 valence electrons. The molecule has 26 heavy (non-hydrogen) atoms. The lowest BCUT2D eigenvalue weighted by atomic mass is 10.0. The van der Waals surface area contributed by atoms with Crippen LogP contribution in [0.2, 0.25) is 0 Å². The molecule has 0 unspecified atom stereocenters. The molecular weight excluding hydrogens is 344 g/mol. The first-order valence-corrected chi connectivity index (χ1v) is 8.11. The predicted octanol–water partition coefficient (Wildman–Crippen LogP) is 1.84. The van der Waals surface area contributed by atoms with Crippen LogP contribution in [0.5, 0.6) is 0 Å². The van der Waals surface area contributed by atoms with E-state index in [2.05, 4.69) is 10.4 Å². The van der Waals surface area contributed by atoms with Crippen molar-refractivity contribution in [2.45, 2.75) is 65.2 Å². The smallest absolute Gasteiger partial charge is 0.435 e. The summed E-state index contributed by atoms with van der Waals surface area (Å²) >= 11 is 0. The Kier molecular flexibility index (Phi) is 5.00. The van der Waals surface area contributed by atoms with Gasteiger partial charge >= 0.3 is 12.2 Å². The van der Waals surface area contributed by atoms with Crippen LogP contribution in [0.1, 0.15) is 47.1 Å². The second kappa shape index (κ2) is 6.60. The number of amides is 2. The van der Waals surface area contributed by atoms with Crippen LogP contribution in [0.25, 0.3) is 0 Å². The number of carbonyl (C=O) groups excluding carboxylic acids is 3. The summed E-state index contributed by atoms with van der Waals surface area (Å²) in [5.74, 6) is -0.860. The number of hydroxylamine groups is 1. The molecule has 10 heteroatoms. The van der Waals surface area contributed by atoms with Crippen LogP contribution in [0.3, 0.4) is 0 Å². The van der Waals surface area contributed by atoms with Gasteiger partial charge in [-0.25, -0.2) is 9.59 Å². The highest BCUT2D eigenvalue weighted by Crippen LogP contribution is 2.25. The zero-order valence-corrected chi connectivity index (χ0v) is 15.7. The molecule has 0 radical (unpaired) electrons. The summed E-state index contributed by atoms with van der Waals surface area (Å²) in [6.07, 6.45) is -0.132. The Labute approximate surface area is 151 Å². The summed E-state index contributed by atoms with van der Waals surface area (Å²) in [5.41, 5.74) is -1.05. The van der Waals surface area contributed by atoms with E-state index in [-0.39, 0.29) is 12.2 Å². The van der Waals surface area contributed by atoms with E-state index in [1.165, 1.54) is 6.20 Å². The van der Waals surface area contributed by atoms with E-state index in [1.54, 1.807) is 41.5 Å². The van der Waals surface area contributed by atoms with Gasteiger partial charge in [0, 0.05) is 18.2 Å². The zero-order valence-electron chi connectivity index (χ0n) is 15.7. The normalized spacial score (nSPS) is 17.6. The van der Waals surface area contributed by atoms with Gasteiger partial charge in [0.1, 0.15) is 17.2 Å². The van der Waals surface area contributed by atoms with Crippen molar-refractivity contribution in [2.75, 3.05) is 5.06 Å². The third-order valence-electron chi connectivity index (χ3n) is 3.17. The van der Waals surface area contributed by atoms with E-state index in [1.807, 2.05) is 0 Å². The van der Waals surface area contributed by atoms with Gasteiger partial charge in [0.2, 0.25) is 0 Å². The Morgan fingerprint density at radius 1 is 1.19 bits per heavy atom. The minimum Gasteiger partial charge on any atom is -0.444 e. The first-order valence-electron chi connectivity index (χ1n) is 8.11. The minimum atomic E-state index is -1.04. The van der Waals surface area contributed by atoms with E-state index in [4.69, 9.17) is 9.47 Å². The molecule has 1 aromatic rings. The highest BCUT2D eigenvalue weighted by Gasteiger charge is 2.37. The fourth-order valence-electron chi connectivity index (χ4n) is 2.25. The number of hydrogen-bond donors (Lipinski definition) is 2. The van der Waals surface area contributed by atoms with Crippen LogP contribution in [-0.4, -0.2) is 50.3 Å². The second-order valence-electron chi connectivity index (χ2n) is 7.96. The van der Waals surface area contributed by atoms with Crippen LogP contribution in [0.15, 0.2) is 6.20 Å². The van der Waals surface area contributed by atoms with Crippen molar-refractivity contribution < 1.29 is 29.1 Å². The molecule has 0 saturated heterocycles. The Balaban J connectivity index is 2.17. The highest BCUT2D eigenvalue weighted by atomic mass is 16.6. The molecular formula is C16H24N4O6. The molecule has 2 amide bonds. The van der Waals surface area contributed by atoms with Gasteiger partial charge in [-0.1, -0.05) is 0 Å². The van der Waals surface area contributed by atoms with Crippen LogP contribution >= 0.6 is 0 Å². The van der Waals surface area contributed by atoms with Crippen LogP contribution in [0, 0.1) is 0 Å². The Hall–Kier alpha value is -2.62. The summed E-state index contributed by atoms with van der Waals surface area (Å²) < 4.78 is 11.2. The number of alkyl carbamates (subject to hydrolysis) is 1. The standard InChI is InChI=1S/C16H24N4O6/c1-15(2,3)25-13(22)17-10-7-9-8-19(14(23)26-16(4,5)6)18-11(9)20(24)12(10)21/h8,10,24H,7H2,1-6H3,(H,17,22)/t10-/m0/s1. The minimum absolute atomic E-state index is 0.0489. The van der Waals surface area contributed by atoms with Crippen molar-refractivity contribution in [3.63, 3.8) is 0 Å². The summed E-state index contributed by atoms with van der Waals surface area (Å²) in [5, 5.41) is 16.6. The molecule has 0 bridgehead atoms. The molecule has 0 aromatic carbocycles. The maximum Gasteiger partial charge on any atom is 0.435 e. The largest absolute Gasteiger partial charge is 0.444 e. The van der Waals surface area contributed by atoms with E-state index in [0.29, 0.717) is 10.6 Å². The number of aromatic nitrogens is 2. The van der Waals surface area contributed by atoms with E-state index in [9.17, 15) is 19.6 Å². The topological polar surface area (TPSA) is 123 Å². The number of carbonyl (C=O) groups is 3. The van der Waals surface area contributed by atoms with Gasteiger partial charge in [0.25, 0.3) is 5.91 Å². The van der Waals surface area contributed by atoms with Gasteiger partial charge in [-0.3, -0.25) is 10.0 Å². The molecule has 1 aliphatic rings. The SMILES string of the molecule is CC(C)(C)OC(=O)N[C@H]1Cc2cn(C(=O)OC(C)(C)C)nc2N(O)C1=O. The molecule has 1 atom stereocenters. The highest BCUT2D eigenvalue weighted by molar-refractivity contribution is 5.99. The van der Waals surface area contributed by atoms with Gasteiger partial charge in [-0.15, -0.1) is 5.10 Å². The molecule has 2 N–H and O–H groups in total. The number of nitrogens with one attached hydrogen (secondary N) is 1. The lowest BCUT2D eigenvalue weighted by Crippen LogP contribution is -2.52. The average Bonchev–Trinajstić information content (AvgIpc) is 2.84. The quantitative estimate of drug-likeness (QED) is 0.725. The van der Waals surface area contributed by atoms with Crippen molar-refractivity contribution >= 4 is 23.9 Å². The molecule has 0 fully saturated rings. The van der Waals surface area contributed by atoms with Crippen molar-refractivity contribution in [1.29, 1.82) is 0 Å². The summed E-state index contributed by atoms with van der Waals surface area (Å²) in [4.78, 5) is 36.2. The van der Waals surface area contributed by atoms with E-state index in [0.717, 1.165) is 4.68 Å². The zero-order chi connectivity index (χ0) is 19.9. The van der Waals surface area contributed by atoms with Gasteiger partial charge in [-0.2, -0.15) is 9.75 Å². The van der Waals surface area contributed by atoms with Crippen molar-refractivity contribution in [3.8, 4) is 0 Å². The number of hydrogen-bond acceptors (Lipinski definition) is 7. The number of nitrogens with zero attached hydrogens (tertiary/aromatic N) is 3. The van der Waals surface area contributed by atoms with Gasteiger partial charge in [-0.05, 0) is 41.5 Å². The monoisotopic (exact) mass is 368 g/mol. The summed E-state index contributed by atoms with van der Waals surface area (Å²) in [6, 6.07) is -1.04. The van der Waals surface area contributed by atoms with Crippen molar-refractivity contribution in [2.24, 2.45) is 0 Å². The molecule has 1 aliphatic heterocycles. The van der Waals surface area contributed by atoms with Crippen LogP contribution < -0.4 is 10.4 Å². The Morgan fingerprint density at radius 3 is 2.31 bits per heavy atom. The predicted molar refractivity (Wildman–Crippen MR) is 90.0 cm³/mol. The summed E-state index contributed by atoms with van der Waals surface area (Å²) in [6.45, 7) is 10.2. The van der Waals surface area contributed by atoms with Crippen LogP contribution in [0.4, 0.5) is 15.4 Å². The maximum atomic E-state index is 12.2. The van der Waals surface area contributed by atoms with E-state index >= 15 is 0 Å². The molecule has 10 nitrogen and oxygen atoms in total. The lowest BCUT2D eigenvalue weighted by molar-refractivity contribution is -0.126. The molecule has 0 saturated carbocycles. The van der Waals surface area contributed by atoms with Gasteiger partial charge in [0.15, 0.2) is 5.82 Å². The fourth-order valence-corrected chi connectivity index (χ4v) is 2.25. The molecule has 0 aliphatic carbocycles. The summed E-state index contributed by atoms with van der Waals surface area (Å²) in [7, 11) is 0. The van der Waals surface area contributed by atoms with Crippen LogP contribution in [-0.2, 0) is 20.7 Å². The third kappa shape index (κ3) is 4.72. The number of anilines is 1. The Bertz CT molecular complexity index is 728. The Morgan fingerprint density at radius 2 is 1.77 bits per heavy atom. The number of ether oxygens (including phenoxy) is 2. The van der Waals surface area contributed by atoms with Gasteiger partial charge < -0.3 is 14.8 Å². The van der Waals surface area contributed by atoms with Crippen molar-refractivity contribution in [1.82, 2.24) is 15.1 Å². The first kappa shape index (κ1) is 19.7. The number of fused-ring (bicyclic) bond motifs is 1. The number of rotatable bonds is 1. The molecule has 0 spiro atoms. The fraction of sp³-hybridized carbons (Fsp3) is 0.625.